The number of nitrogens with one attached hydrogen (secondary N) is 1. The summed E-state index contributed by atoms with van der Waals surface area (Å²) in [5.74, 6) is -0.172. The lowest BCUT2D eigenvalue weighted by Gasteiger charge is -2.37. The number of rotatable bonds is 13. The Labute approximate surface area is 345 Å². The minimum Gasteiger partial charge on any atom is -0.497 e. The predicted octanol–water partition coefficient (Wildman–Crippen LogP) is 7.10. The second-order valence-electron chi connectivity index (χ2n) is 16.2. The molecule has 4 N–H and O–H groups in total. The van der Waals surface area contributed by atoms with Gasteiger partial charge in [0.05, 0.1) is 51.7 Å². The number of aliphatic hydroxyl groups is 1. The lowest BCUT2D eigenvalue weighted by atomic mass is 9.82. The molecule has 1 fully saturated rings. The molecule has 1 saturated heterocycles. The zero-order chi connectivity index (χ0) is 41.3. The third-order valence-corrected chi connectivity index (χ3v) is 16.8. The molecule has 1 spiro atoms. The average molecular weight is 807 g/mol. The molecule has 1 aromatic heterocycles. The van der Waals surface area contributed by atoms with Crippen LogP contribution in [0.1, 0.15) is 52.0 Å². The number of nitrogens with zero attached hydrogens (tertiary/aromatic N) is 4. The molecule has 5 atom stereocenters. The van der Waals surface area contributed by atoms with Gasteiger partial charge in [0.2, 0.25) is 0 Å². The van der Waals surface area contributed by atoms with E-state index in [-0.39, 0.29) is 41.9 Å². The first-order chi connectivity index (χ1) is 28.5. The Balaban J connectivity index is 1.18. The van der Waals surface area contributed by atoms with Gasteiger partial charge < -0.3 is 30.5 Å². The number of carbonyl (C=O) groups is 2. The first-order valence-electron chi connectivity index (χ1n) is 20.1. The Morgan fingerprint density at radius 1 is 0.966 bits per heavy atom. The Morgan fingerprint density at radius 2 is 1.66 bits per heavy atom. The van der Waals surface area contributed by atoms with Crippen LogP contribution in [0.5, 0.6) is 5.75 Å². The van der Waals surface area contributed by atoms with E-state index in [1.807, 2.05) is 107 Å². The summed E-state index contributed by atoms with van der Waals surface area (Å²) in [6, 6.07) is 40.6. The number of nitrogen functional groups attached to an aromatic ring is 1. The predicted molar refractivity (Wildman–Crippen MR) is 232 cm³/mol. The summed E-state index contributed by atoms with van der Waals surface area (Å²) in [5, 5.41) is 23.6. The molecule has 59 heavy (non-hydrogen) atoms. The van der Waals surface area contributed by atoms with Crippen LogP contribution in [0.4, 0.5) is 17.1 Å². The molecule has 2 aliphatic heterocycles. The van der Waals surface area contributed by atoms with Crippen molar-refractivity contribution in [2.24, 2.45) is 5.92 Å². The SMILES string of the molecule is COc1ccc([Si](C)(C)[C@H]2[C@H](CCn3cc(C(CO)c4ccccc4)nn3)O[C@@]3(C(=O)N(Cc4ccccc4)c4ccc(NC(=O)c5ccc(N)cc5)cc43)[C@@H]2C)cc1. The first kappa shape index (κ1) is 39.7. The number of carbonyl (C=O) groups excluding carboxylic acids is 2. The second kappa shape index (κ2) is 16.3. The van der Waals surface area contributed by atoms with Gasteiger partial charge in [-0.3, -0.25) is 14.3 Å². The summed E-state index contributed by atoms with van der Waals surface area (Å²) in [6.07, 6.45) is 2.12. The standard InChI is InChI=1S/C47H50N6O5Si/c1-31-44(59(3,4)38-22-20-37(57-2)21-23-38)43(25-26-52-29-41(50-51-52)39(30-54)33-13-9-6-10-14-33)58-47(31)40-27-36(49-45(55)34-15-17-35(48)18-16-34)19-24-42(40)53(46(47)56)28-32-11-7-5-8-12-32/h5-24,27,29,31,39,43-44,54H,25-26,28,30,48H2,1-4H3,(H,49,55)/t31-,39?,43+,44-,47+/m1/s1. The molecule has 0 saturated carbocycles. The molecule has 8 rings (SSSR count). The maximum absolute atomic E-state index is 15.4. The highest BCUT2D eigenvalue weighted by atomic mass is 28.3. The van der Waals surface area contributed by atoms with Crippen molar-refractivity contribution in [3.8, 4) is 5.75 Å². The number of nitrogens with two attached hydrogens (primary N) is 1. The van der Waals surface area contributed by atoms with Crippen molar-refractivity contribution in [2.75, 3.05) is 29.7 Å². The molecule has 0 bridgehead atoms. The van der Waals surface area contributed by atoms with Gasteiger partial charge in [0.15, 0.2) is 5.60 Å². The van der Waals surface area contributed by atoms with E-state index in [0.717, 1.165) is 28.1 Å². The molecule has 3 heterocycles. The lowest BCUT2D eigenvalue weighted by molar-refractivity contribution is -0.146. The van der Waals surface area contributed by atoms with Crippen LogP contribution in [0, 0.1) is 5.92 Å². The quantitative estimate of drug-likeness (QED) is 0.0829. The summed E-state index contributed by atoms with van der Waals surface area (Å²) in [7, 11) is -0.782. The maximum Gasteiger partial charge on any atom is 0.264 e. The highest BCUT2D eigenvalue weighted by Crippen LogP contribution is 2.60. The molecular weight excluding hydrogens is 757 g/mol. The first-order valence-corrected chi connectivity index (χ1v) is 23.2. The van der Waals surface area contributed by atoms with E-state index in [0.29, 0.717) is 42.1 Å². The van der Waals surface area contributed by atoms with E-state index in [4.69, 9.17) is 15.2 Å². The van der Waals surface area contributed by atoms with Crippen molar-refractivity contribution in [3.05, 3.63) is 162 Å². The van der Waals surface area contributed by atoms with Crippen molar-refractivity contribution in [3.63, 3.8) is 0 Å². The normalized spacial score (nSPS) is 20.5. The van der Waals surface area contributed by atoms with Crippen LogP contribution in [-0.4, -0.2) is 59.8 Å². The highest BCUT2D eigenvalue weighted by molar-refractivity contribution is 6.91. The van der Waals surface area contributed by atoms with E-state index < -0.39 is 13.7 Å². The number of aliphatic hydroxyl groups excluding tert-OH is 1. The molecule has 1 unspecified atom stereocenters. The van der Waals surface area contributed by atoms with Crippen molar-refractivity contribution in [1.82, 2.24) is 15.0 Å². The second-order valence-corrected chi connectivity index (χ2v) is 20.9. The smallest absolute Gasteiger partial charge is 0.264 e. The maximum atomic E-state index is 15.4. The van der Waals surface area contributed by atoms with Crippen molar-refractivity contribution >= 4 is 42.1 Å². The van der Waals surface area contributed by atoms with Crippen LogP contribution in [0.2, 0.25) is 18.6 Å². The number of amides is 2. The highest BCUT2D eigenvalue weighted by Gasteiger charge is 2.66. The topological polar surface area (TPSA) is 145 Å². The zero-order valence-electron chi connectivity index (χ0n) is 33.8. The molecule has 0 radical (unpaired) electrons. The number of hydrogen-bond acceptors (Lipinski definition) is 8. The van der Waals surface area contributed by atoms with E-state index >= 15 is 4.79 Å². The van der Waals surface area contributed by atoms with Gasteiger partial charge in [-0.15, -0.1) is 5.10 Å². The van der Waals surface area contributed by atoms with E-state index in [1.54, 1.807) is 31.4 Å². The van der Waals surface area contributed by atoms with Crippen molar-refractivity contribution < 1.29 is 24.2 Å². The number of ether oxygens (including phenoxy) is 2. The molecule has 5 aromatic carbocycles. The molecule has 302 valence electrons. The minimum absolute atomic E-state index is 0.0186. The summed E-state index contributed by atoms with van der Waals surface area (Å²) in [6.45, 7) is 7.64. The van der Waals surface area contributed by atoms with E-state index in [2.05, 4.69) is 47.8 Å². The fourth-order valence-corrected chi connectivity index (χ4v) is 13.4. The van der Waals surface area contributed by atoms with E-state index in [9.17, 15) is 9.90 Å². The minimum atomic E-state index is -2.45. The van der Waals surface area contributed by atoms with Gasteiger partial charge in [-0.2, -0.15) is 0 Å². The fourth-order valence-electron chi connectivity index (χ4n) is 9.32. The summed E-state index contributed by atoms with van der Waals surface area (Å²) in [4.78, 5) is 30.7. The number of anilines is 3. The van der Waals surface area contributed by atoms with Crippen LogP contribution < -0.4 is 25.9 Å². The zero-order valence-corrected chi connectivity index (χ0v) is 34.8. The Morgan fingerprint density at radius 3 is 2.34 bits per heavy atom. The van der Waals surface area contributed by atoms with Gasteiger partial charge in [0.1, 0.15) is 5.75 Å². The van der Waals surface area contributed by atoms with Crippen LogP contribution in [0.25, 0.3) is 0 Å². The number of methoxy groups -OCH3 is 1. The summed E-state index contributed by atoms with van der Waals surface area (Å²) < 4.78 is 14.8. The van der Waals surface area contributed by atoms with Crippen LogP contribution >= 0.6 is 0 Å². The van der Waals surface area contributed by atoms with Gasteiger partial charge in [-0.1, -0.05) is 103 Å². The van der Waals surface area contributed by atoms with Gasteiger partial charge in [-0.05, 0) is 77.7 Å². The average Bonchev–Trinajstić information content (AvgIpc) is 3.91. The number of fused-ring (bicyclic) bond motifs is 2. The van der Waals surface area contributed by atoms with Gasteiger partial charge in [-0.25, -0.2) is 0 Å². The molecular formula is C47H50N6O5Si. The molecule has 0 aliphatic carbocycles. The van der Waals surface area contributed by atoms with Crippen molar-refractivity contribution in [1.29, 1.82) is 0 Å². The number of benzene rings is 5. The van der Waals surface area contributed by atoms with Crippen LogP contribution in [-0.2, 0) is 28.2 Å². The van der Waals surface area contributed by atoms with Gasteiger partial charge in [0, 0.05) is 41.2 Å². The molecule has 12 heteroatoms. The summed E-state index contributed by atoms with van der Waals surface area (Å²) in [5.41, 5.74) is 10.3. The van der Waals surface area contributed by atoms with E-state index in [1.165, 1.54) is 5.19 Å². The Bertz CT molecular complexity index is 2430. The molecule has 11 nitrogen and oxygen atoms in total. The Hall–Kier alpha value is -6.08. The third kappa shape index (κ3) is 7.43. The van der Waals surface area contributed by atoms with Gasteiger partial charge >= 0.3 is 0 Å². The molecule has 6 aromatic rings. The number of hydrogen-bond donors (Lipinski definition) is 3. The Kier molecular flexibility index (Phi) is 11.0. The number of aryl methyl sites for hydroxylation is 1. The van der Waals surface area contributed by atoms with Gasteiger partial charge in [0.25, 0.3) is 11.8 Å². The monoisotopic (exact) mass is 806 g/mol. The number of aromatic nitrogens is 3. The molecule has 2 amide bonds. The largest absolute Gasteiger partial charge is 0.497 e. The summed E-state index contributed by atoms with van der Waals surface area (Å²) >= 11 is 0. The lowest BCUT2D eigenvalue weighted by Crippen LogP contribution is -2.51. The third-order valence-electron chi connectivity index (χ3n) is 12.4. The van der Waals surface area contributed by atoms with Crippen LogP contribution in [0.3, 0.4) is 0 Å². The molecule has 2 aliphatic rings. The van der Waals surface area contributed by atoms with Crippen molar-refractivity contribution in [2.45, 2.75) is 62.7 Å². The van der Waals surface area contributed by atoms with Crippen LogP contribution in [0.15, 0.2) is 134 Å². The fraction of sp³-hybridized carbons (Fsp3) is 0.277.